The molecule has 1 aliphatic carbocycles. The van der Waals surface area contributed by atoms with Gasteiger partial charge in [-0.1, -0.05) is 24.3 Å². The molecule has 1 aromatic heterocycles. The van der Waals surface area contributed by atoms with Crippen LogP contribution in [-0.4, -0.2) is 16.7 Å². The minimum atomic E-state index is 0.175. The number of allylic oxidation sites excluding steroid dienone is 2. The molecule has 0 saturated heterocycles. The van der Waals surface area contributed by atoms with Crippen molar-refractivity contribution in [2.75, 3.05) is 16.0 Å². The van der Waals surface area contributed by atoms with Crippen molar-refractivity contribution in [1.29, 1.82) is 0 Å². The maximum Gasteiger partial charge on any atom is 0.0826 e. The number of hydrogen-bond donors (Lipinski definition) is 2. The van der Waals surface area contributed by atoms with E-state index in [1.54, 1.807) is 6.20 Å². The number of aliphatic imine (C=N–C) groups is 1. The van der Waals surface area contributed by atoms with Crippen LogP contribution in [0.4, 0.5) is 22.7 Å². The zero-order valence-corrected chi connectivity index (χ0v) is 18.4. The van der Waals surface area contributed by atoms with Crippen LogP contribution in [0.15, 0.2) is 102 Å². The molecule has 0 fully saturated rings. The fraction of sp³-hybridized carbons (Fsp3) is 0.185. The van der Waals surface area contributed by atoms with Crippen LogP contribution in [-0.2, 0) is 6.42 Å². The molecule has 0 saturated carbocycles. The van der Waals surface area contributed by atoms with Gasteiger partial charge in [-0.3, -0.25) is 9.98 Å². The molecule has 5 nitrogen and oxygen atoms in total. The summed E-state index contributed by atoms with van der Waals surface area (Å²) in [7, 11) is 0. The first-order chi connectivity index (χ1) is 15.6. The topological polar surface area (TPSA) is 66.5 Å². The van der Waals surface area contributed by atoms with Gasteiger partial charge in [0, 0.05) is 35.2 Å². The van der Waals surface area contributed by atoms with Crippen LogP contribution in [0.3, 0.4) is 0 Å². The summed E-state index contributed by atoms with van der Waals surface area (Å²) in [4.78, 5) is 11.5. The Morgan fingerprint density at radius 2 is 1.94 bits per heavy atom. The standard InChI is InChI=1S/C27H27N5/c1-18(2)30-25-16-27-20(14-24(25)31-22-7-6-12-29-17-22)13-19-10-11-21(28)15-26(19)32(27)23-8-4-3-5-9-23/h3-12,14-18,20,31H,13,28H2,1-2H3. The SMILES string of the molecule is CC(C)N=C1C=C2C(C=C1Nc1cccnc1)Cc1ccc(N)cc1N2c1ccccc1. The molecule has 1 aliphatic heterocycles. The summed E-state index contributed by atoms with van der Waals surface area (Å²) in [5.41, 5.74) is 14.6. The molecule has 1 unspecified atom stereocenters. The lowest BCUT2D eigenvalue weighted by molar-refractivity contribution is 0.698. The molecule has 0 radical (unpaired) electrons. The van der Waals surface area contributed by atoms with E-state index < -0.39 is 0 Å². The first kappa shape index (κ1) is 20.1. The molecule has 32 heavy (non-hydrogen) atoms. The molecule has 1 atom stereocenters. The molecular formula is C27H27N5. The Hall–Kier alpha value is -3.86. The maximum absolute atomic E-state index is 6.19. The van der Waals surface area contributed by atoms with Crippen LogP contribution in [0.25, 0.3) is 0 Å². The number of anilines is 4. The number of rotatable bonds is 4. The van der Waals surface area contributed by atoms with Gasteiger partial charge in [-0.15, -0.1) is 0 Å². The van der Waals surface area contributed by atoms with E-state index in [4.69, 9.17) is 10.7 Å². The van der Waals surface area contributed by atoms with Crippen LogP contribution in [0.5, 0.6) is 0 Å². The van der Waals surface area contributed by atoms with Crippen molar-refractivity contribution in [2.45, 2.75) is 26.3 Å². The molecule has 0 amide bonds. The van der Waals surface area contributed by atoms with Crippen LogP contribution in [0.1, 0.15) is 19.4 Å². The number of nitrogens with zero attached hydrogens (tertiary/aromatic N) is 3. The minimum absolute atomic E-state index is 0.175. The fourth-order valence-corrected chi connectivity index (χ4v) is 4.38. The molecular weight excluding hydrogens is 394 g/mol. The summed E-state index contributed by atoms with van der Waals surface area (Å²) in [5, 5.41) is 3.54. The molecule has 0 bridgehead atoms. The summed E-state index contributed by atoms with van der Waals surface area (Å²) in [6.07, 6.45) is 9.06. The van der Waals surface area contributed by atoms with Gasteiger partial charge in [-0.2, -0.15) is 0 Å². The van der Waals surface area contributed by atoms with Crippen LogP contribution in [0.2, 0.25) is 0 Å². The number of fused-ring (bicyclic) bond motifs is 2. The number of benzene rings is 2. The van der Waals surface area contributed by atoms with Crippen molar-refractivity contribution in [3.8, 4) is 0 Å². The Bertz CT molecular complexity index is 1210. The highest BCUT2D eigenvalue weighted by atomic mass is 15.2. The quantitative estimate of drug-likeness (QED) is 0.529. The summed E-state index contributed by atoms with van der Waals surface area (Å²) < 4.78 is 0. The highest BCUT2D eigenvalue weighted by Crippen LogP contribution is 2.44. The monoisotopic (exact) mass is 421 g/mol. The molecule has 5 heteroatoms. The van der Waals surface area contributed by atoms with Gasteiger partial charge >= 0.3 is 0 Å². The van der Waals surface area contributed by atoms with Crippen molar-refractivity contribution < 1.29 is 0 Å². The van der Waals surface area contributed by atoms with Crippen molar-refractivity contribution in [2.24, 2.45) is 10.9 Å². The third-order valence-electron chi connectivity index (χ3n) is 5.71. The van der Waals surface area contributed by atoms with Gasteiger partial charge in [0.05, 0.1) is 29.0 Å². The zero-order chi connectivity index (χ0) is 22.1. The number of nitrogen functional groups attached to an aromatic ring is 1. The van der Waals surface area contributed by atoms with E-state index in [0.29, 0.717) is 0 Å². The van der Waals surface area contributed by atoms with Gasteiger partial charge in [0.2, 0.25) is 0 Å². The van der Waals surface area contributed by atoms with E-state index in [1.807, 2.05) is 30.5 Å². The van der Waals surface area contributed by atoms with Crippen LogP contribution < -0.4 is 16.0 Å². The second-order valence-electron chi connectivity index (χ2n) is 8.49. The lowest BCUT2D eigenvalue weighted by Gasteiger charge is -2.40. The highest BCUT2D eigenvalue weighted by Gasteiger charge is 2.33. The molecule has 2 aliphatic rings. The zero-order valence-electron chi connectivity index (χ0n) is 18.4. The lowest BCUT2D eigenvalue weighted by Crippen LogP contribution is -2.33. The first-order valence-corrected chi connectivity index (χ1v) is 11.0. The van der Waals surface area contributed by atoms with E-state index in [0.717, 1.165) is 40.6 Å². The Labute approximate surface area is 189 Å². The molecule has 5 rings (SSSR count). The second-order valence-corrected chi connectivity index (χ2v) is 8.49. The van der Waals surface area contributed by atoms with Crippen molar-refractivity contribution >= 4 is 28.5 Å². The van der Waals surface area contributed by atoms with Gasteiger partial charge in [0.25, 0.3) is 0 Å². The number of para-hydroxylation sites is 1. The third-order valence-corrected chi connectivity index (χ3v) is 5.71. The normalized spacial score (nSPS) is 18.7. The number of nitrogens with two attached hydrogens (primary N) is 1. The van der Waals surface area contributed by atoms with Gasteiger partial charge in [-0.25, -0.2) is 0 Å². The summed E-state index contributed by atoms with van der Waals surface area (Å²) in [5.74, 6) is 0.219. The van der Waals surface area contributed by atoms with Crippen LogP contribution in [0, 0.1) is 5.92 Å². The summed E-state index contributed by atoms with van der Waals surface area (Å²) >= 11 is 0. The van der Waals surface area contributed by atoms with E-state index in [9.17, 15) is 0 Å². The van der Waals surface area contributed by atoms with Crippen molar-refractivity contribution in [1.82, 2.24) is 4.98 Å². The number of pyridine rings is 1. The van der Waals surface area contributed by atoms with E-state index >= 15 is 0 Å². The van der Waals surface area contributed by atoms with Crippen LogP contribution >= 0.6 is 0 Å². The van der Waals surface area contributed by atoms with E-state index in [-0.39, 0.29) is 12.0 Å². The Kier molecular flexibility index (Phi) is 5.23. The Balaban J connectivity index is 1.64. The average Bonchev–Trinajstić information content (AvgIpc) is 2.79. The third kappa shape index (κ3) is 3.89. The Morgan fingerprint density at radius 1 is 1.09 bits per heavy atom. The average molecular weight is 422 g/mol. The van der Waals surface area contributed by atoms with E-state index in [1.165, 1.54) is 11.3 Å². The predicted molar refractivity (Wildman–Crippen MR) is 133 cm³/mol. The van der Waals surface area contributed by atoms with Gasteiger partial charge in [0.15, 0.2) is 0 Å². The number of nitrogens with one attached hydrogen (secondary N) is 1. The van der Waals surface area contributed by atoms with Gasteiger partial charge < -0.3 is 16.0 Å². The number of aromatic nitrogens is 1. The van der Waals surface area contributed by atoms with Crippen molar-refractivity contribution in [3.63, 3.8) is 0 Å². The highest BCUT2D eigenvalue weighted by molar-refractivity contribution is 6.12. The first-order valence-electron chi connectivity index (χ1n) is 11.0. The Morgan fingerprint density at radius 3 is 2.69 bits per heavy atom. The maximum atomic E-state index is 6.19. The second kappa shape index (κ2) is 8.35. The molecule has 0 spiro atoms. The lowest BCUT2D eigenvalue weighted by atomic mass is 9.84. The van der Waals surface area contributed by atoms with Gasteiger partial charge in [-0.05, 0) is 74.4 Å². The number of hydrogen-bond acceptors (Lipinski definition) is 5. The smallest absolute Gasteiger partial charge is 0.0826 e. The summed E-state index contributed by atoms with van der Waals surface area (Å²) in [6.45, 7) is 4.20. The molecule has 2 heterocycles. The van der Waals surface area contributed by atoms with Gasteiger partial charge in [0.1, 0.15) is 0 Å². The fourth-order valence-electron chi connectivity index (χ4n) is 4.38. The largest absolute Gasteiger partial charge is 0.399 e. The molecule has 3 N–H and O–H groups in total. The molecule has 160 valence electrons. The minimum Gasteiger partial charge on any atom is -0.399 e. The summed E-state index contributed by atoms with van der Waals surface area (Å²) in [6, 6.07) is 20.8. The predicted octanol–water partition coefficient (Wildman–Crippen LogP) is 5.72. The van der Waals surface area contributed by atoms with E-state index in [2.05, 4.69) is 77.6 Å². The molecule has 2 aromatic carbocycles. The van der Waals surface area contributed by atoms with Crippen molar-refractivity contribution in [3.05, 3.63) is 102 Å². The molecule has 3 aromatic rings.